The molecule has 0 radical (unpaired) electrons. The van der Waals surface area contributed by atoms with Crippen molar-refractivity contribution in [2.75, 3.05) is 26.2 Å². The van der Waals surface area contributed by atoms with Gasteiger partial charge in [-0.3, -0.25) is 14.6 Å². The molecule has 1 saturated heterocycles. The molecular formula is C24H29N3O3. The fraction of sp³-hybridized carbons (Fsp3) is 0.375. The van der Waals surface area contributed by atoms with Crippen LogP contribution in [0, 0.1) is 6.92 Å². The van der Waals surface area contributed by atoms with Gasteiger partial charge in [0.2, 0.25) is 0 Å². The summed E-state index contributed by atoms with van der Waals surface area (Å²) in [6, 6.07) is 10.2. The number of pyridine rings is 1. The molecule has 0 unspecified atom stereocenters. The summed E-state index contributed by atoms with van der Waals surface area (Å²) in [5.74, 6) is -1.37. The number of rotatable bonds is 8. The van der Waals surface area contributed by atoms with Crippen molar-refractivity contribution in [1.29, 1.82) is 0 Å². The van der Waals surface area contributed by atoms with E-state index in [0.717, 1.165) is 31.6 Å². The molecule has 1 N–H and O–H groups in total. The molecule has 2 aromatic rings. The molecule has 6 heteroatoms. The molecule has 0 bridgehead atoms. The molecule has 0 spiro atoms. The van der Waals surface area contributed by atoms with Gasteiger partial charge in [-0.15, -0.1) is 0 Å². The number of aryl methyl sites for hydroxylation is 1. The molecule has 1 atom stereocenters. The van der Waals surface area contributed by atoms with Crippen molar-refractivity contribution in [3.63, 3.8) is 0 Å². The first-order chi connectivity index (χ1) is 14.5. The van der Waals surface area contributed by atoms with Crippen molar-refractivity contribution >= 4 is 17.4 Å². The Morgan fingerprint density at radius 2 is 1.83 bits per heavy atom. The van der Waals surface area contributed by atoms with Gasteiger partial charge in [0, 0.05) is 24.5 Å². The predicted octanol–water partition coefficient (Wildman–Crippen LogP) is 3.54. The van der Waals surface area contributed by atoms with Crippen LogP contribution < -0.4 is 0 Å². The third-order valence-corrected chi connectivity index (χ3v) is 5.63. The monoisotopic (exact) mass is 407 g/mol. The number of ketones is 1. The Hall–Kier alpha value is -2.99. The van der Waals surface area contributed by atoms with E-state index in [9.17, 15) is 14.7 Å². The van der Waals surface area contributed by atoms with Crippen molar-refractivity contribution < 1.29 is 14.7 Å². The summed E-state index contributed by atoms with van der Waals surface area (Å²) in [5, 5.41) is 11.0. The molecular weight excluding hydrogens is 378 g/mol. The van der Waals surface area contributed by atoms with Crippen LogP contribution in [0.15, 0.2) is 54.4 Å². The van der Waals surface area contributed by atoms with E-state index >= 15 is 0 Å². The number of nitrogens with zero attached hydrogens (tertiary/aromatic N) is 3. The Balaban J connectivity index is 1.99. The van der Waals surface area contributed by atoms with E-state index in [1.54, 1.807) is 35.5 Å². The van der Waals surface area contributed by atoms with Crippen molar-refractivity contribution in [3.05, 3.63) is 71.1 Å². The lowest BCUT2D eigenvalue weighted by Crippen LogP contribution is -2.33. The van der Waals surface area contributed by atoms with Gasteiger partial charge in [0.05, 0.1) is 11.6 Å². The highest BCUT2D eigenvalue weighted by atomic mass is 16.3. The zero-order valence-corrected chi connectivity index (χ0v) is 17.8. The van der Waals surface area contributed by atoms with E-state index in [4.69, 9.17) is 0 Å². The van der Waals surface area contributed by atoms with Crippen molar-refractivity contribution in [3.8, 4) is 0 Å². The molecule has 1 aliphatic heterocycles. The quantitative estimate of drug-likeness (QED) is 0.412. The van der Waals surface area contributed by atoms with Gasteiger partial charge in [0.15, 0.2) is 0 Å². The minimum Gasteiger partial charge on any atom is -0.507 e. The average Bonchev–Trinajstić information content (AvgIpc) is 3.02. The van der Waals surface area contributed by atoms with Crippen LogP contribution in [0.3, 0.4) is 0 Å². The van der Waals surface area contributed by atoms with E-state index in [0.29, 0.717) is 17.7 Å². The van der Waals surface area contributed by atoms with Crippen LogP contribution in [-0.4, -0.2) is 57.8 Å². The Kier molecular flexibility index (Phi) is 7.00. The van der Waals surface area contributed by atoms with Gasteiger partial charge < -0.3 is 14.9 Å². The molecule has 0 aliphatic carbocycles. The third kappa shape index (κ3) is 4.44. The maximum atomic E-state index is 13.0. The second-order valence-corrected chi connectivity index (χ2v) is 7.53. The standard InChI is InChI=1S/C24H29N3O3/c1-4-26(5-2)14-7-15-27-21(19-8-6-13-25-16-19)20(23(29)24(27)30)22(28)18-11-9-17(3)10-12-18/h6,8-13,16,21,28H,4-5,7,14-15H2,1-3H3/t21-/m1/s1. The van der Waals surface area contributed by atoms with Crippen molar-refractivity contribution in [1.82, 2.24) is 14.8 Å². The van der Waals surface area contributed by atoms with Gasteiger partial charge >= 0.3 is 0 Å². The minimum atomic E-state index is -0.648. The zero-order chi connectivity index (χ0) is 21.7. The van der Waals surface area contributed by atoms with Crippen LogP contribution in [0.2, 0.25) is 0 Å². The molecule has 1 amide bonds. The molecule has 1 fully saturated rings. The number of likely N-dealkylation sites (tertiary alicyclic amines) is 1. The number of amides is 1. The molecule has 1 aromatic carbocycles. The summed E-state index contributed by atoms with van der Waals surface area (Å²) in [7, 11) is 0. The smallest absolute Gasteiger partial charge is 0.295 e. The zero-order valence-electron chi connectivity index (χ0n) is 17.8. The second kappa shape index (κ2) is 9.67. The number of carbonyl (C=O) groups is 2. The van der Waals surface area contributed by atoms with E-state index in [1.807, 2.05) is 25.1 Å². The Labute approximate surface area is 177 Å². The van der Waals surface area contributed by atoms with Crippen molar-refractivity contribution in [2.45, 2.75) is 33.2 Å². The lowest BCUT2D eigenvalue weighted by molar-refractivity contribution is -0.140. The van der Waals surface area contributed by atoms with Crippen LogP contribution in [0.4, 0.5) is 0 Å². The summed E-state index contributed by atoms with van der Waals surface area (Å²) in [5.41, 5.74) is 2.41. The first-order valence-corrected chi connectivity index (χ1v) is 10.5. The van der Waals surface area contributed by atoms with Gasteiger partial charge in [0.1, 0.15) is 5.76 Å². The normalized spacial score (nSPS) is 18.4. The molecule has 3 rings (SSSR count). The average molecular weight is 408 g/mol. The number of carbonyl (C=O) groups excluding carboxylic acids is 2. The predicted molar refractivity (Wildman–Crippen MR) is 117 cm³/mol. The molecule has 0 saturated carbocycles. The fourth-order valence-electron chi connectivity index (χ4n) is 3.87. The maximum absolute atomic E-state index is 13.0. The Morgan fingerprint density at radius 3 is 2.43 bits per heavy atom. The van der Waals surface area contributed by atoms with Gasteiger partial charge in [-0.05, 0) is 44.6 Å². The largest absolute Gasteiger partial charge is 0.507 e. The summed E-state index contributed by atoms with van der Waals surface area (Å²) in [6.07, 6.45) is 4.04. The van der Waals surface area contributed by atoms with Gasteiger partial charge in [-0.25, -0.2) is 0 Å². The summed E-state index contributed by atoms with van der Waals surface area (Å²) < 4.78 is 0. The lowest BCUT2D eigenvalue weighted by atomic mass is 9.96. The van der Waals surface area contributed by atoms with Gasteiger partial charge in [-0.2, -0.15) is 0 Å². The Bertz CT molecular complexity index is 918. The van der Waals surface area contributed by atoms with E-state index in [2.05, 4.69) is 23.7 Å². The number of aliphatic hydroxyl groups is 1. The maximum Gasteiger partial charge on any atom is 0.295 e. The molecule has 158 valence electrons. The summed E-state index contributed by atoms with van der Waals surface area (Å²) >= 11 is 0. The van der Waals surface area contributed by atoms with Crippen LogP contribution >= 0.6 is 0 Å². The number of benzene rings is 1. The van der Waals surface area contributed by atoms with Crippen LogP contribution in [0.1, 0.15) is 43.0 Å². The van der Waals surface area contributed by atoms with Crippen LogP contribution in [0.25, 0.3) is 5.76 Å². The SMILES string of the molecule is CCN(CC)CCCN1C(=O)C(=O)C(=C(O)c2ccc(C)cc2)[C@H]1c1cccnc1. The molecule has 30 heavy (non-hydrogen) atoms. The van der Waals surface area contributed by atoms with Gasteiger partial charge in [-0.1, -0.05) is 49.7 Å². The van der Waals surface area contributed by atoms with Crippen LogP contribution in [0.5, 0.6) is 0 Å². The second-order valence-electron chi connectivity index (χ2n) is 7.53. The topological polar surface area (TPSA) is 73.7 Å². The molecule has 1 aliphatic rings. The third-order valence-electron chi connectivity index (χ3n) is 5.63. The number of aromatic nitrogens is 1. The number of aliphatic hydroxyl groups excluding tert-OH is 1. The lowest BCUT2D eigenvalue weighted by Gasteiger charge is -2.26. The first kappa shape index (κ1) is 21.7. The van der Waals surface area contributed by atoms with Crippen molar-refractivity contribution in [2.24, 2.45) is 0 Å². The molecule has 6 nitrogen and oxygen atoms in total. The highest BCUT2D eigenvalue weighted by molar-refractivity contribution is 6.46. The molecule has 2 heterocycles. The Morgan fingerprint density at radius 1 is 1.13 bits per heavy atom. The van der Waals surface area contributed by atoms with Crippen LogP contribution in [-0.2, 0) is 9.59 Å². The number of hydrogen-bond donors (Lipinski definition) is 1. The first-order valence-electron chi connectivity index (χ1n) is 10.5. The fourth-order valence-corrected chi connectivity index (χ4v) is 3.87. The number of Topliss-reactive ketones (excluding diaryl/α,β-unsaturated/α-hetero) is 1. The summed E-state index contributed by atoms with van der Waals surface area (Å²) in [4.78, 5) is 33.9. The highest BCUT2D eigenvalue weighted by Crippen LogP contribution is 2.39. The minimum absolute atomic E-state index is 0.125. The summed E-state index contributed by atoms with van der Waals surface area (Å²) in [6.45, 7) is 9.32. The van der Waals surface area contributed by atoms with E-state index in [-0.39, 0.29) is 11.3 Å². The molecule has 1 aromatic heterocycles. The van der Waals surface area contributed by atoms with E-state index < -0.39 is 17.7 Å². The highest BCUT2D eigenvalue weighted by Gasteiger charge is 2.45. The van der Waals surface area contributed by atoms with E-state index in [1.165, 1.54) is 0 Å². The van der Waals surface area contributed by atoms with Gasteiger partial charge in [0.25, 0.3) is 11.7 Å². The number of hydrogen-bond acceptors (Lipinski definition) is 5.